The highest BCUT2D eigenvalue weighted by Gasteiger charge is 2.28. The molecular formula is C18H20N4O6S. The largest absolute Gasteiger partial charge is 0.497 e. The third-order valence-electron chi connectivity index (χ3n) is 4.27. The van der Waals surface area contributed by atoms with Gasteiger partial charge in [0.15, 0.2) is 0 Å². The summed E-state index contributed by atoms with van der Waals surface area (Å²) in [5.74, 6) is 0.651. The molecule has 2 aromatic carbocycles. The van der Waals surface area contributed by atoms with Crippen LogP contribution in [0.15, 0.2) is 52.5 Å². The number of methoxy groups -OCH3 is 1. The number of anilines is 1. The zero-order valence-electron chi connectivity index (χ0n) is 15.6. The van der Waals surface area contributed by atoms with E-state index in [1.165, 1.54) is 22.7 Å². The minimum absolute atomic E-state index is 0.0788. The Hall–Kier alpha value is -3.02. The normalized spacial score (nSPS) is 15.3. The number of nitrogens with one attached hydrogen (secondary N) is 1. The molecule has 10 nitrogen and oxygen atoms in total. The Morgan fingerprint density at radius 3 is 2.69 bits per heavy atom. The van der Waals surface area contributed by atoms with Crippen molar-refractivity contribution in [2.75, 3.05) is 38.8 Å². The lowest BCUT2D eigenvalue weighted by Crippen LogP contribution is -2.40. The van der Waals surface area contributed by atoms with E-state index < -0.39 is 14.9 Å². The van der Waals surface area contributed by atoms with Gasteiger partial charge >= 0.3 is 0 Å². The lowest BCUT2D eigenvalue weighted by molar-refractivity contribution is -0.384. The average molecular weight is 420 g/mol. The lowest BCUT2D eigenvalue weighted by Gasteiger charge is -2.26. The van der Waals surface area contributed by atoms with Crippen LogP contribution in [0.2, 0.25) is 0 Å². The molecule has 0 aliphatic carbocycles. The minimum atomic E-state index is -3.84. The first-order valence-electron chi connectivity index (χ1n) is 8.71. The van der Waals surface area contributed by atoms with E-state index in [9.17, 15) is 18.5 Å². The SMILES string of the molecule is COc1cccc(C=NNc2ccc(S(=O)(=O)N3CCOCC3)cc2[N+](=O)[O-])c1. The standard InChI is InChI=1S/C18H20N4O6S/c1-27-15-4-2-3-14(11-15)13-19-20-17-6-5-16(12-18(17)22(23)24)29(25,26)21-7-9-28-10-8-21/h2-6,11-13,20H,7-10H2,1H3. The second-order valence-corrected chi connectivity index (χ2v) is 8.04. The van der Waals surface area contributed by atoms with E-state index in [0.717, 1.165) is 11.6 Å². The molecule has 2 aromatic rings. The predicted octanol–water partition coefficient (Wildman–Crippen LogP) is 2.07. The van der Waals surface area contributed by atoms with Crippen molar-refractivity contribution in [2.45, 2.75) is 4.90 Å². The zero-order valence-corrected chi connectivity index (χ0v) is 16.5. The number of morpholine rings is 1. The summed E-state index contributed by atoms with van der Waals surface area (Å²) in [5, 5.41) is 15.5. The molecule has 0 unspecified atom stereocenters. The van der Waals surface area contributed by atoms with Crippen molar-refractivity contribution in [1.82, 2.24) is 4.31 Å². The molecule has 0 radical (unpaired) electrons. The highest BCUT2D eigenvalue weighted by atomic mass is 32.2. The Balaban J connectivity index is 1.82. The molecule has 1 fully saturated rings. The fourth-order valence-electron chi connectivity index (χ4n) is 2.75. The molecule has 0 bridgehead atoms. The van der Waals surface area contributed by atoms with Crippen LogP contribution in [0.25, 0.3) is 0 Å². The van der Waals surface area contributed by atoms with Gasteiger partial charge in [-0.1, -0.05) is 12.1 Å². The summed E-state index contributed by atoms with van der Waals surface area (Å²) < 4.78 is 37.0. The molecule has 0 aromatic heterocycles. The van der Waals surface area contributed by atoms with Crippen molar-refractivity contribution in [2.24, 2.45) is 5.10 Å². The second kappa shape index (κ2) is 8.99. The maximum Gasteiger partial charge on any atom is 0.295 e. The van der Waals surface area contributed by atoms with Crippen LogP contribution in [0.1, 0.15) is 5.56 Å². The molecule has 11 heteroatoms. The number of hydrogen-bond acceptors (Lipinski definition) is 8. The number of rotatable bonds is 7. The fraction of sp³-hybridized carbons (Fsp3) is 0.278. The van der Waals surface area contributed by atoms with Crippen LogP contribution in [0.3, 0.4) is 0 Å². The molecule has 1 aliphatic heterocycles. The summed E-state index contributed by atoms with van der Waals surface area (Å²) >= 11 is 0. The lowest BCUT2D eigenvalue weighted by atomic mass is 10.2. The first-order chi connectivity index (χ1) is 13.9. The van der Waals surface area contributed by atoms with Gasteiger partial charge in [0, 0.05) is 19.2 Å². The summed E-state index contributed by atoms with van der Waals surface area (Å²) in [7, 11) is -2.29. The smallest absolute Gasteiger partial charge is 0.295 e. The van der Waals surface area contributed by atoms with Crippen LogP contribution in [0, 0.1) is 10.1 Å². The average Bonchev–Trinajstić information content (AvgIpc) is 2.74. The van der Waals surface area contributed by atoms with Crippen LogP contribution in [0.4, 0.5) is 11.4 Å². The number of hydrogen-bond donors (Lipinski definition) is 1. The highest BCUT2D eigenvalue weighted by Crippen LogP contribution is 2.29. The maximum absolute atomic E-state index is 12.7. The van der Waals surface area contributed by atoms with Crippen molar-refractivity contribution in [3.63, 3.8) is 0 Å². The molecule has 3 rings (SSSR count). The molecule has 0 amide bonds. The first kappa shape index (κ1) is 20.7. The van der Waals surface area contributed by atoms with Gasteiger partial charge in [-0.3, -0.25) is 15.5 Å². The van der Waals surface area contributed by atoms with Crippen molar-refractivity contribution >= 4 is 27.6 Å². The molecule has 0 atom stereocenters. The van der Waals surface area contributed by atoms with Crippen molar-refractivity contribution in [3.05, 3.63) is 58.1 Å². The first-order valence-corrected chi connectivity index (χ1v) is 10.2. The Labute approximate surface area is 167 Å². The van der Waals surface area contributed by atoms with E-state index in [1.807, 2.05) is 0 Å². The van der Waals surface area contributed by atoms with Gasteiger partial charge < -0.3 is 9.47 Å². The summed E-state index contributed by atoms with van der Waals surface area (Å²) in [5.41, 5.74) is 3.02. The molecule has 1 aliphatic rings. The van der Waals surface area contributed by atoms with Gasteiger partial charge in [-0.05, 0) is 29.8 Å². The zero-order chi connectivity index (χ0) is 20.9. The van der Waals surface area contributed by atoms with Crippen LogP contribution in [-0.2, 0) is 14.8 Å². The number of nitrogens with zero attached hydrogens (tertiary/aromatic N) is 3. The minimum Gasteiger partial charge on any atom is -0.497 e. The van der Waals surface area contributed by atoms with Gasteiger partial charge in [0.1, 0.15) is 11.4 Å². The van der Waals surface area contributed by atoms with E-state index in [4.69, 9.17) is 9.47 Å². The Kier molecular flexibility index (Phi) is 6.42. The molecule has 154 valence electrons. The Bertz CT molecular complexity index is 1020. The van der Waals surface area contributed by atoms with E-state index in [2.05, 4.69) is 10.5 Å². The number of hydrazone groups is 1. The van der Waals surface area contributed by atoms with Crippen molar-refractivity contribution in [1.29, 1.82) is 0 Å². The quantitative estimate of drug-likeness (QED) is 0.413. The third kappa shape index (κ3) is 4.88. The van der Waals surface area contributed by atoms with Crippen LogP contribution in [-0.4, -0.2) is 57.3 Å². The molecular weight excluding hydrogens is 400 g/mol. The predicted molar refractivity (Wildman–Crippen MR) is 107 cm³/mol. The molecule has 29 heavy (non-hydrogen) atoms. The van der Waals surface area contributed by atoms with Crippen LogP contribution in [0.5, 0.6) is 5.75 Å². The van der Waals surface area contributed by atoms with Gasteiger partial charge in [-0.15, -0.1) is 0 Å². The van der Waals surface area contributed by atoms with E-state index in [1.54, 1.807) is 31.4 Å². The van der Waals surface area contributed by atoms with Crippen LogP contribution < -0.4 is 10.2 Å². The molecule has 1 saturated heterocycles. The number of sulfonamides is 1. The number of nitro benzene ring substituents is 1. The Morgan fingerprint density at radius 1 is 1.24 bits per heavy atom. The van der Waals surface area contributed by atoms with Crippen LogP contribution >= 0.6 is 0 Å². The highest BCUT2D eigenvalue weighted by molar-refractivity contribution is 7.89. The summed E-state index contributed by atoms with van der Waals surface area (Å²) in [6, 6.07) is 10.8. The molecule has 1 heterocycles. The number of benzene rings is 2. The van der Waals surface area contributed by atoms with E-state index in [-0.39, 0.29) is 29.4 Å². The topological polar surface area (TPSA) is 123 Å². The maximum atomic E-state index is 12.7. The monoisotopic (exact) mass is 420 g/mol. The molecule has 0 spiro atoms. The Morgan fingerprint density at radius 2 is 2.00 bits per heavy atom. The van der Waals surface area contributed by atoms with Gasteiger partial charge in [-0.25, -0.2) is 8.42 Å². The van der Waals surface area contributed by atoms with Gasteiger partial charge in [0.05, 0.1) is 36.4 Å². The fourth-order valence-corrected chi connectivity index (χ4v) is 4.18. The molecule has 0 saturated carbocycles. The second-order valence-electron chi connectivity index (χ2n) is 6.10. The summed E-state index contributed by atoms with van der Waals surface area (Å²) in [6.07, 6.45) is 1.48. The third-order valence-corrected chi connectivity index (χ3v) is 6.16. The van der Waals surface area contributed by atoms with Gasteiger partial charge in [-0.2, -0.15) is 9.41 Å². The summed E-state index contributed by atoms with van der Waals surface area (Å²) in [4.78, 5) is 10.7. The summed E-state index contributed by atoms with van der Waals surface area (Å²) in [6.45, 7) is 1.00. The van der Waals surface area contributed by atoms with E-state index in [0.29, 0.717) is 19.0 Å². The molecule has 1 N–H and O–H groups in total. The van der Waals surface area contributed by atoms with Crippen molar-refractivity contribution < 1.29 is 22.8 Å². The van der Waals surface area contributed by atoms with E-state index >= 15 is 0 Å². The number of ether oxygens (including phenoxy) is 2. The number of nitro groups is 1. The van der Waals surface area contributed by atoms with Gasteiger partial charge in [0.25, 0.3) is 5.69 Å². The van der Waals surface area contributed by atoms with Crippen molar-refractivity contribution in [3.8, 4) is 5.75 Å². The van der Waals surface area contributed by atoms with Gasteiger partial charge in [0.2, 0.25) is 10.0 Å².